The standard InChI is InChI=1S/C17H26N2O2/c1-3-13-19(14-4-2)16(20)11-8-12-18-17(21)15-9-6-5-7-10-15/h5-7,9-10H,3-4,8,11-14H2,1-2H3,(H,18,21). The third kappa shape index (κ3) is 6.43. The molecule has 0 fully saturated rings. The molecule has 0 atom stereocenters. The second kappa shape index (κ2) is 9.97. The van der Waals surface area contributed by atoms with E-state index in [1.54, 1.807) is 12.1 Å². The van der Waals surface area contributed by atoms with Crippen molar-refractivity contribution < 1.29 is 9.59 Å². The summed E-state index contributed by atoms with van der Waals surface area (Å²) in [5.74, 6) is 0.106. The van der Waals surface area contributed by atoms with Gasteiger partial charge in [-0.25, -0.2) is 0 Å². The zero-order valence-electron chi connectivity index (χ0n) is 13.1. The molecule has 1 rings (SSSR count). The molecule has 1 aromatic rings. The predicted octanol–water partition coefficient (Wildman–Crippen LogP) is 2.85. The van der Waals surface area contributed by atoms with Crippen molar-refractivity contribution in [1.82, 2.24) is 10.2 Å². The number of nitrogens with one attached hydrogen (secondary N) is 1. The van der Waals surface area contributed by atoms with Gasteiger partial charge in [0.1, 0.15) is 0 Å². The van der Waals surface area contributed by atoms with Crippen molar-refractivity contribution in [2.75, 3.05) is 19.6 Å². The van der Waals surface area contributed by atoms with Gasteiger partial charge in [-0.15, -0.1) is 0 Å². The van der Waals surface area contributed by atoms with Gasteiger partial charge in [-0.05, 0) is 31.4 Å². The van der Waals surface area contributed by atoms with Crippen molar-refractivity contribution in [2.24, 2.45) is 0 Å². The first-order valence-corrected chi connectivity index (χ1v) is 7.80. The van der Waals surface area contributed by atoms with Crippen LogP contribution in [-0.2, 0) is 4.79 Å². The van der Waals surface area contributed by atoms with E-state index in [9.17, 15) is 9.59 Å². The Morgan fingerprint density at radius 1 is 1.05 bits per heavy atom. The second-order valence-corrected chi connectivity index (χ2v) is 5.11. The maximum Gasteiger partial charge on any atom is 0.251 e. The lowest BCUT2D eigenvalue weighted by molar-refractivity contribution is -0.131. The Labute approximate surface area is 127 Å². The lowest BCUT2D eigenvalue weighted by Crippen LogP contribution is -2.33. The summed E-state index contributed by atoms with van der Waals surface area (Å²) < 4.78 is 0. The molecular formula is C17H26N2O2. The molecule has 0 aliphatic heterocycles. The fraction of sp³-hybridized carbons (Fsp3) is 0.529. The molecule has 0 aromatic heterocycles. The first-order chi connectivity index (χ1) is 10.2. The quantitative estimate of drug-likeness (QED) is 0.711. The Hall–Kier alpha value is -1.84. The molecule has 0 bridgehead atoms. The highest BCUT2D eigenvalue weighted by Crippen LogP contribution is 2.02. The molecule has 0 radical (unpaired) electrons. The Morgan fingerprint density at radius 3 is 2.24 bits per heavy atom. The number of rotatable bonds is 9. The van der Waals surface area contributed by atoms with Crippen molar-refractivity contribution in [3.8, 4) is 0 Å². The molecule has 21 heavy (non-hydrogen) atoms. The molecule has 116 valence electrons. The van der Waals surface area contributed by atoms with Crippen molar-refractivity contribution in [2.45, 2.75) is 39.5 Å². The van der Waals surface area contributed by atoms with Crippen molar-refractivity contribution in [3.63, 3.8) is 0 Å². The minimum Gasteiger partial charge on any atom is -0.352 e. The highest BCUT2D eigenvalue weighted by Gasteiger charge is 2.11. The average molecular weight is 290 g/mol. The molecule has 1 aromatic carbocycles. The number of amides is 2. The average Bonchev–Trinajstić information content (AvgIpc) is 2.51. The topological polar surface area (TPSA) is 49.4 Å². The third-order valence-corrected chi connectivity index (χ3v) is 3.23. The lowest BCUT2D eigenvalue weighted by atomic mass is 10.2. The van der Waals surface area contributed by atoms with E-state index in [1.807, 2.05) is 23.1 Å². The van der Waals surface area contributed by atoms with E-state index in [-0.39, 0.29) is 11.8 Å². The third-order valence-electron chi connectivity index (χ3n) is 3.23. The Kier molecular flexibility index (Phi) is 8.17. The molecule has 0 saturated carbocycles. The van der Waals surface area contributed by atoms with Crippen LogP contribution in [0.5, 0.6) is 0 Å². The van der Waals surface area contributed by atoms with Gasteiger partial charge in [-0.1, -0.05) is 32.0 Å². The van der Waals surface area contributed by atoms with Gasteiger partial charge in [0.2, 0.25) is 5.91 Å². The van der Waals surface area contributed by atoms with Crippen LogP contribution in [0.3, 0.4) is 0 Å². The molecule has 2 amide bonds. The molecule has 0 spiro atoms. The van der Waals surface area contributed by atoms with Gasteiger partial charge in [-0.2, -0.15) is 0 Å². The monoisotopic (exact) mass is 290 g/mol. The Bertz CT molecular complexity index is 426. The fourth-order valence-corrected chi connectivity index (χ4v) is 2.19. The van der Waals surface area contributed by atoms with Gasteiger partial charge in [-0.3, -0.25) is 9.59 Å². The van der Waals surface area contributed by atoms with E-state index >= 15 is 0 Å². The maximum absolute atomic E-state index is 12.1. The van der Waals surface area contributed by atoms with Crippen LogP contribution in [0.25, 0.3) is 0 Å². The van der Waals surface area contributed by atoms with E-state index in [2.05, 4.69) is 19.2 Å². The molecule has 0 aliphatic carbocycles. The van der Waals surface area contributed by atoms with E-state index in [0.717, 1.165) is 25.9 Å². The molecule has 4 heteroatoms. The first-order valence-electron chi connectivity index (χ1n) is 7.80. The van der Waals surface area contributed by atoms with Crippen molar-refractivity contribution in [3.05, 3.63) is 35.9 Å². The minimum absolute atomic E-state index is 0.0815. The smallest absolute Gasteiger partial charge is 0.251 e. The molecule has 0 saturated heterocycles. The van der Waals surface area contributed by atoms with Crippen LogP contribution in [0.1, 0.15) is 49.9 Å². The molecular weight excluding hydrogens is 264 g/mol. The van der Waals surface area contributed by atoms with Crippen LogP contribution < -0.4 is 5.32 Å². The first kappa shape index (κ1) is 17.2. The number of benzene rings is 1. The summed E-state index contributed by atoms with van der Waals surface area (Å²) in [4.78, 5) is 25.8. The summed E-state index contributed by atoms with van der Waals surface area (Å²) in [6, 6.07) is 9.12. The summed E-state index contributed by atoms with van der Waals surface area (Å²) in [5, 5.41) is 2.85. The second-order valence-electron chi connectivity index (χ2n) is 5.11. The molecule has 1 N–H and O–H groups in total. The van der Waals surface area contributed by atoms with E-state index in [4.69, 9.17) is 0 Å². The Morgan fingerprint density at radius 2 is 1.67 bits per heavy atom. The largest absolute Gasteiger partial charge is 0.352 e. The van der Waals surface area contributed by atoms with Gasteiger partial charge in [0.15, 0.2) is 0 Å². The number of hydrogen-bond acceptors (Lipinski definition) is 2. The number of nitrogens with zero attached hydrogens (tertiary/aromatic N) is 1. The van der Waals surface area contributed by atoms with E-state index in [0.29, 0.717) is 24.9 Å². The number of carbonyl (C=O) groups excluding carboxylic acids is 2. The summed E-state index contributed by atoms with van der Waals surface area (Å²) >= 11 is 0. The minimum atomic E-state index is -0.0815. The van der Waals surface area contributed by atoms with Crippen LogP contribution in [0.15, 0.2) is 30.3 Å². The van der Waals surface area contributed by atoms with Crippen molar-refractivity contribution in [1.29, 1.82) is 0 Å². The van der Waals surface area contributed by atoms with Crippen LogP contribution in [0.2, 0.25) is 0 Å². The zero-order valence-corrected chi connectivity index (χ0v) is 13.1. The van der Waals surface area contributed by atoms with Crippen molar-refractivity contribution >= 4 is 11.8 Å². The van der Waals surface area contributed by atoms with E-state index in [1.165, 1.54) is 0 Å². The van der Waals surface area contributed by atoms with Crippen LogP contribution >= 0.6 is 0 Å². The summed E-state index contributed by atoms with van der Waals surface area (Å²) in [6.07, 6.45) is 3.14. The van der Waals surface area contributed by atoms with Gasteiger partial charge in [0.25, 0.3) is 5.91 Å². The summed E-state index contributed by atoms with van der Waals surface area (Å²) in [5.41, 5.74) is 0.655. The normalized spacial score (nSPS) is 10.2. The van der Waals surface area contributed by atoms with Crippen LogP contribution in [0, 0.1) is 0 Å². The molecule has 0 heterocycles. The van der Waals surface area contributed by atoms with Crippen LogP contribution in [-0.4, -0.2) is 36.3 Å². The van der Waals surface area contributed by atoms with Gasteiger partial charge >= 0.3 is 0 Å². The van der Waals surface area contributed by atoms with E-state index < -0.39 is 0 Å². The zero-order chi connectivity index (χ0) is 15.5. The van der Waals surface area contributed by atoms with Gasteiger partial charge in [0, 0.05) is 31.6 Å². The van der Waals surface area contributed by atoms with Crippen LogP contribution in [0.4, 0.5) is 0 Å². The number of carbonyl (C=O) groups is 2. The predicted molar refractivity (Wildman–Crippen MR) is 85.2 cm³/mol. The number of hydrogen-bond donors (Lipinski definition) is 1. The summed E-state index contributed by atoms with van der Waals surface area (Å²) in [7, 11) is 0. The highest BCUT2D eigenvalue weighted by molar-refractivity contribution is 5.94. The van der Waals surface area contributed by atoms with Gasteiger partial charge < -0.3 is 10.2 Å². The highest BCUT2D eigenvalue weighted by atomic mass is 16.2. The molecule has 0 unspecified atom stereocenters. The maximum atomic E-state index is 12.1. The fourth-order valence-electron chi connectivity index (χ4n) is 2.19. The molecule has 0 aliphatic rings. The lowest BCUT2D eigenvalue weighted by Gasteiger charge is -2.21. The van der Waals surface area contributed by atoms with Gasteiger partial charge in [0.05, 0.1) is 0 Å². The molecule has 4 nitrogen and oxygen atoms in total. The summed E-state index contributed by atoms with van der Waals surface area (Å²) in [6.45, 7) is 6.34. The Balaban J connectivity index is 2.26. The SMILES string of the molecule is CCCN(CCC)C(=O)CCCNC(=O)c1ccccc1.